The minimum atomic E-state index is -3.70. The minimum Gasteiger partial charge on any atom is -0.395 e. The molecule has 2 aromatic carbocycles. The first-order chi connectivity index (χ1) is 18.2. The van der Waals surface area contributed by atoms with Gasteiger partial charge in [0.05, 0.1) is 38.9 Å². The third-order valence-electron chi connectivity index (χ3n) is 8.47. The van der Waals surface area contributed by atoms with E-state index in [1.54, 1.807) is 39.0 Å². The smallest absolute Gasteiger partial charge is 0.257 e. The average molecular weight is 576 g/mol. The Hall–Kier alpha value is -2.63. The molecule has 3 aliphatic rings. The lowest BCUT2D eigenvalue weighted by Gasteiger charge is -2.33. The van der Waals surface area contributed by atoms with Gasteiger partial charge in [0.1, 0.15) is 0 Å². The van der Waals surface area contributed by atoms with Crippen molar-refractivity contribution in [3.05, 3.63) is 47.5 Å². The average Bonchev–Trinajstić information content (AvgIpc) is 3.35. The number of carbonyl (C=O) groups is 1. The molecule has 0 spiro atoms. The van der Waals surface area contributed by atoms with Gasteiger partial charge in [0.2, 0.25) is 10.0 Å². The second-order valence-electron chi connectivity index (χ2n) is 12.2. The van der Waals surface area contributed by atoms with Crippen LogP contribution in [0.15, 0.2) is 41.3 Å². The predicted molar refractivity (Wildman–Crippen MR) is 153 cm³/mol. The number of anilines is 3. The largest absolute Gasteiger partial charge is 0.395 e. The number of hydrogen-bond acceptors (Lipinski definition) is 7. The normalized spacial score (nSPS) is 22.8. The highest BCUT2D eigenvalue weighted by molar-refractivity contribution is 7.94. The number of benzene rings is 2. The molecule has 39 heavy (non-hydrogen) atoms. The monoisotopic (exact) mass is 575 g/mol. The maximum absolute atomic E-state index is 13.6. The molecular weight excluding hydrogens is 538 g/mol. The molecule has 2 unspecified atom stereocenters. The summed E-state index contributed by atoms with van der Waals surface area (Å²) in [5.41, 5.74) is 3.16. The predicted octanol–water partition coefficient (Wildman–Crippen LogP) is 3.43. The van der Waals surface area contributed by atoms with Crippen LogP contribution in [0, 0.1) is 11.3 Å². The number of rotatable bonds is 7. The van der Waals surface area contributed by atoms with E-state index < -0.39 is 37.1 Å². The van der Waals surface area contributed by atoms with E-state index in [2.05, 4.69) is 17.1 Å². The summed E-state index contributed by atoms with van der Waals surface area (Å²) >= 11 is 0. The van der Waals surface area contributed by atoms with E-state index in [-0.39, 0.29) is 10.6 Å². The molecule has 0 radical (unpaired) electrons. The van der Waals surface area contributed by atoms with Gasteiger partial charge in [0, 0.05) is 25.3 Å². The molecule has 2 aromatic rings. The number of nitrogens with zero attached hydrogens (tertiary/aromatic N) is 2. The molecule has 2 aliphatic heterocycles. The van der Waals surface area contributed by atoms with Gasteiger partial charge in [0.15, 0.2) is 9.84 Å². The van der Waals surface area contributed by atoms with E-state index in [1.807, 2.05) is 6.07 Å². The van der Waals surface area contributed by atoms with Crippen LogP contribution in [-0.4, -0.2) is 64.6 Å². The molecule has 2 N–H and O–H groups in total. The summed E-state index contributed by atoms with van der Waals surface area (Å²) in [4.78, 5) is 15.8. The number of aliphatic hydroxyl groups is 1. The fourth-order valence-corrected chi connectivity index (χ4v) is 8.13. The summed E-state index contributed by atoms with van der Waals surface area (Å²) in [5.74, 6) is -0.280. The number of carbonyl (C=O) groups excluding carboxylic acids is 1. The highest BCUT2D eigenvalue weighted by Crippen LogP contribution is 2.58. The number of sulfonamides is 1. The molecule has 1 saturated heterocycles. The molecule has 0 aromatic heterocycles. The second kappa shape index (κ2) is 9.49. The van der Waals surface area contributed by atoms with E-state index in [9.17, 15) is 26.7 Å². The Morgan fingerprint density at radius 1 is 1.08 bits per heavy atom. The van der Waals surface area contributed by atoms with Gasteiger partial charge in [-0.05, 0) is 87.3 Å². The zero-order chi connectivity index (χ0) is 28.4. The Morgan fingerprint density at radius 3 is 2.49 bits per heavy atom. The number of hydrogen-bond donors (Lipinski definition) is 2. The van der Waals surface area contributed by atoms with E-state index in [0.29, 0.717) is 46.9 Å². The van der Waals surface area contributed by atoms with Gasteiger partial charge in [-0.15, -0.1) is 0 Å². The first kappa shape index (κ1) is 27.9. The van der Waals surface area contributed by atoms with Crippen molar-refractivity contribution in [1.82, 2.24) is 0 Å². The summed E-state index contributed by atoms with van der Waals surface area (Å²) in [6, 6.07) is 9.78. The van der Waals surface area contributed by atoms with Crippen LogP contribution in [0.25, 0.3) is 0 Å². The zero-order valence-electron chi connectivity index (χ0n) is 22.9. The van der Waals surface area contributed by atoms with Gasteiger partial charge in [-0.3, -0.25) is 9.10 Å². The number of nitrogens with one attached hydrogen (secondary N) is 1. The summed E-state index contributed by atoms with van der Waals surface area (Å²) < 4.78 is 52.2. The van der Waals surface area contributed by atoms with Crippen LogP contribution in [0.2, 0.25) is 0 Å². The number of fused-ring (bicyclic) bond motifs is 2. The minimum absolute atomic E-state index is 0.0767. The highest BCUT2D eigenvalue weighted by Gasteiger charge is 2.53. The molecule has 2 fully saturated rings. The van der Waals surface area contributed by atoms with Gasteiger partial charge in [-0.1, -0.05) is 13.0 Å². The lowest BCUT2D eigenvalue weighted by Crippen LogP contribution is -2.42. The van der Waals surface area contributed by atoms with Crippen molar-refractivity contribution in [3.8, 4) is 0 Å². The topological polar surface area (TPSA) is 124 Å². The number of sulfone groups is 1. The lowest BCUT2D eigenvalue weighted by atomic mass is 9.96. The molecular formula is C28H37N3O6S2. The van der Waals surface area contributed by atoms with Gasteiger partial charge >= 0.3 is 0 Å². The van der Waals surface area contributed by atoms with Crippen LogP contribution < -0.4 is 14.5 Å². The molecule has 212 valence electrons. The highest BCUT2D eigenvalue weighted by atomic mass is 32.2. The zero-order valence-corrected chi connectivity index (χ0v) is 24.5. The van der Waals surface area contributed by atoms with Crippen molar-refractivity contribution in [1.29, 1.82) is 0 Å². The maximum atomic E-state index is 13.6. The molecule has 2 atom stereocenters. The summed E-state index contributed by atoms with van der Waals surface area (Å²) in [6.45, 7) is 8.61. The van der Waals surface area contributed by atoms with Crippen LogP contribution in [0.4, 0.5) is 17.1 Å². The lowest BCUT2D eigenvalue weighted by molar-refractivity contribution is 0.102. The second-order valence-corrected chi connectivity index (χ2v) is 16.9. The third kappa shape index (κ3) is 5.04. The quantitative estimate of drug-likeness (QED) is 0.518. The van der Waals surface area contributed by atoms with Crippen molar-refractivity contribution in [2.75, 3.05) is 46.5 Å². The summed E-state index contributed by atoms with van der Waals surface area (Å²) in [6.07, 6.45) is 2.69. The molecule has 2 heterocycles. The van der Waals surface area contributed by atoms with Gasteiger partial charge in [-0.2, -0.15) is 0 Å². The van der Waals surface area contributed by atoms with Gasteiger partial charge in [0.25, 0.3) is 5.91 Å². The number of amides is 1. The summed E-state index contributed by atoms with van der Waals surface area (Å²) in [7, 11) is -7.30. The van der Waals surface area contributed by atoms with Crippen LogP contribution in [0.5, 0.6) is 0 Å². The Labute approximate surface area is 231 Å². The SMILES string of the molecule is CC12CCN(c3cc(S(=O)(=O)CCO)ccc3C(=O)Nc3ccc4c(c3)N(S(=O)(=O)C(C)(C)C)CC4)CC1C2. The Morgan fingerprint density at radius 2 is 1.82 bits per heavy atom. The Bertz CT molecular complexity index is 1530. The van der Waals surface area contributed by atoms with Crippen LogP contribution in [0.3, 0.4) is 0 Å². The first-order valence-electron chi connectivity index (χ1n) is 13.4. The standard InChI is InChI=1S/C28H37N3O6S2/c1-27(2,3)39(36,37)31-11-9-19-5-6-21(15-24(19)31)29-26(33)23-8-7-22(38(34,35)14-13-32)16-25(23)30-12-10-28(4)17-20(28)18-30/h5-8,15-16,20,32H,9-14,17-18H2,1-4H3,(H,29,33). The molecule has 1 saturated carbocycles. The fourth-order valence-electron chi connectivity index (χ4n) is 5.66. The van der Waals surface area contributed by atoms with E-state index in [1.165, 1.54) is 16.4 Å². The first-order valence-corrected chi connectivity index (χ1v) is 16.4. The third-order valence-corrected chi connectivity index (χ3v) is 12.7. The summed E-state index contributed by atoms with van der Waals surface area (Å²) in [5, 5.41) is 12.2. The van der Waals surface area contributed by atoms with Crippen molar-refractivity contribution < 1.29 is 26.7 Å². The van der Waals surface area contributed by atoms with E-state index in [0.717, 1.165) is 31.5 Å². The Kier molecular flexibility index (Phi) is 6.79. The van der Waals surface area contributed by atoms with Crippen LogP contribution in [-0.2, 0) is 26.3 Å². The molecule has 1 amide bonds. The van der Waals surface area contributed by atoms with E-state index >= 15 is 0 Å². The van der Waals surface area contributed by atoms with Crippen LogP contribution >= 0.6 is 0 Å². The van der Waals surface area contributed by atoms with Crippen LogP contribution in [0.1, 0.15) is 56.5 Å². The molecule has 1 aliphatic carbocycles. The van der Waals surface area contributed by atoms with Crippen molar-refractivity contribution >= 4 is 42.8 Å². The maximum Gasteiger partial charge on any atom is 0.257 e. The molecule has 0 bridgehead atoms. The molecule has 11 heteroatoms. The van der Waals surface area contributed by atoms with Gasteiger partial charge < -0.3 is 15.3 Å². The van der Waals surface area contributed by atoms with E-state index in [4.69, 9.17) is 0 Å². The van der Waals surface area contributed by atoms with Crippen molar-refractivity contribution in [2.45, 2.75) is 56.6 Å². The Balaban J connectivity index is 1.46. The number of aliphatic hydroxyl groups excluding tert-OH is 1. The fraction of sp³-hybridized carbons (Fsp3) is 0.536. The molecule has 5 rings (SSSR count). The number of piperidine rings is 1. The molecule has 9 nitrogen and oxygen atoms in total. The van der Waals surface area contributed by atoms with Crippen molar-refractivity contribution in [3.63, 3.8) is 0 Å². The van der Waals surface area contributed by atoms with Gasteiger partial charge in [-0.25, -0.2) is 16.8 Å². The van der Waals surface area contributed by atoms with Crippen molar-refractivity contribution in [2.24, 2.45) is 11.3 Å².